The first-order valence-corrected chi connectivity index (χ1v) is 5.55. The highest BCUT2D eigenvalue weighted by atomic mass is 16.6. The Morgan fingerprint density at radius 1 is 1.33 bits per heavy atom. The van der Waals surface area contributed by atoms with Crippen LogP contribution in [0.1, 0.15) is 20.8 Å². The molecule has 0 aliphatic heterocycles. The lowest BCUT2D eigenvalue weighted by atomic mass is 10.2. The van der Waals surface area contributed by atoms with Gasteiger partial charge in [-0.2, -0.15) is 0 Å². The second kappa shape index (κ2) is 6.00. The molecule has 1 amide bonds. The van der Waals surface area contributed by atoms with Gasteiger partial charge in [0.2, 0.25) is 12.4 Å². The van der Waals surface area contributed by atoms with Crippen molar-refractivity contribution in [3.8, 4) is 0 Å². The lowest BCUT2D eigenvalue weighted by Gasteiger charge is -2.20. The highest BCUT2D eigenvalue weighted by Gasteiger charge is 2.15. The molecule has 1 heterocycles. The Bertz CT molecular complexity index is 424. The second-order valence-electron chi connectivity index (χ2n) is 4.60. The smallest absolute Gasteiger partial charge is 0.407 e. The van der Waals surface area contributed by atoms with Gasteiger partial charge in [-0.05, 0) is 25.9 Å². The van der Waals surface area contributed by atoms with Gasteiger partial charge in [-0.15, -0.1) is 0 Å². The molecule has 0 fully saturated rings. The van der Waals surface area contributed by atoms with E-state index in [0.717, 1.165) is 0 Å². The number of rotatable bonds is 3. The van der Waals surface area contributed by atoms with E-state index in [1.165, 1.54) is 4.68 Å². The van der Waals surface area contributed by atoms with Gasteiger partial charge < -0.3 is 15.2 Å². The van der Waals surface area contributed by atoms with Gasteiger partial charge in [0.25, 0.3) is 0 Å². The minimum atomic E-state index is -0.635. The van der Waals surface area contributed by atoms with Gasteiger partial charge in [0.15, 0.2) is 0 Å². The van der Waals surface area contributed by atoms with Gasteiger partial charge in [0, 0.05) is 12.1 Å². The Morgan fingerprint density at radius 3 is 2.50 bits per heavy atom. The summed E-state index contributed by atoms with van der Waals surface area (Å²) in [5.41, 5.74) is -0.585. The van der Waals surface area contributed by atoms with Gasteiger partial charge in [-0.3, -0.25) is 0 Å². The Balaban J connectivity index is 2.44. The van der Waals surface area contributed by atoms with Gasteiger partial charge in [0.1, 0.15) is 5.60 Å². The number of hydrogen-bond donors (Lipinski definition) is 1. The van der Waals surface area contributed by atoms with Crippen molar-refractivity contribution >= 4 is 12.0 Å². The highest BCUT2D eigenvalue weighted by molar-refractivity contribution is 5.78. The third-order valence-electron chi connectivity index (χ3n) is 1.71. The van der Waals surface area contributed by atoms with E-state index in [4.69, 9.17) is 4.74 Å². The van der Waals surface area contributed by atoms with Crippen LogP contribution < -0.4 is 15.1 Å². The number of nitrogens with zero attached hydrogens (tertiary/aromatic N) is 2. The number of pyridine rings is 1. The largest absolute Gasteiger partial charge is 0.856 e. The van der Waals surface area contributed by atoms with Crippen LogP contribution in [-0.2, 0) is 4.74 Å². The molecule has 0 unspecified atom stereocenters. The fourth-order valence-electron chi connectivity index (χ4n) is 1.08. The summed E-state index contributed by atoms with van der Waals surface area (Å²) < 4.78 is 6.36. The van der Waals surface area contributed by atoms with Crippen molar-refractivity contribution in [3.05, 3.63) is 30.6 Å². The number of hydrogen-bond acceptors (Lipinski definition) is 4. The second-order valence-corrected chi connectivity index (χ2v) is 4.60. The molecule has 0 spiro atoms. The minimum absolute atomic E-state index is 0.198. The van der Waals surface area contributed by atoms with E-state index in [2.05, 4.69) is 10.4 Å². The highest BCUT2D eigenvalue weighted by Crippen LogP contribution is 2.05. The van der Waals surface area contributed by atoms with Gasteiger partial charge in [-0.1, -0.05) is 10.7 Å². The molecule has 0 aliphatic rings. The van der Waals surface area contributed by atoms with Crippen molar-refractivity contribution in [1.29, 1.82) is 0 Å². The fraction of sp³-hybridized carbons (Fsp3) is 0.417. The molecule has 0 aliphatic carbocycles. The summed E-state index contributed by atoms with van der Waals surface area (Å²) in [6, 6.07) is 5.31. The lowest BCUT2D eigenvalue weighted by molar-refractivity contribution is -0.681. The van der Waals surface area contributed by atoms with E-state index in [9.17, 15) is 9.90 Å². The zero-order valence-corrected chi connectivity index (χ0v) is 10.7. The van der Waals surface area contributed by atoms with Crippen LogP contribution in [0, 0.1) is 0 Å². The van der Waals surface area contributed by atoms with Gasteiger partial charge in [0.05, 0.1) is 12.4 Å². The molecule has 0 radical (unpaired) electrons. The van der Waals surface area contributed by atoms with Crippen LogP contribution in [0.25, 0.3) is 0 Å². The van der Waals surface area contributed by atoms with E-state index in [0.29, 0.717) is 0 Å². The SMILES string of the molecule is CC(C)(C)OC(=O)NC/C([O-])=N/[n+]1ccccc1. The normalized spacial score (nSPS) is 12.1. The molecule has 1 aromatic heterocycles. The fourth-order valence-corrected chi connectivity index (χ4v) is 1.08. The number of carbonyl (C=O) groups is 1. The first-order chi connectivity index (χ1) is 8.37. The monoisotopic (exact) mass is 251 g/mol. The molecule has 6 nitrogen and oxygen atoms in total. The first-order valence-electron chi connectivity index (χ1n) is 5.55. The molecule has 0 bridgehead atoms. The van der Waals surface area contributed by atoms with Crippen LogP contribution >= 0.6 is 0 Å². The van der Waals surface area contributed by atoms with E-state index in [1.54, 1.807) is 45.3 Å². The Kier molecular flexibility index (Phi) is 4.65. The van der Waals surface area contributed by atoms with E-state index < -0.39 is 17.6 Å². The summed E-state index contributed by atoms with van der Waals surface area (Å²) >= 11 is 0. The van der Waals surface area contributed by atoms with Crippen molar-refractivity contribution < 1.29 is 19.3 Å². The maximum absolute atomic E-state index is 11.4. The molecular formula is C12H17N3O3. The number of amides is 1. The summed E-state index contributed by atoms with van der Waals surface area (Å²) in [7, 11) is 0. The number of nitrogens with one attached hydrogen (secondary N) is 1. The Hall–Kier alpha value is -2.11. The molecule has 6 heteroatoms. The topological polar surface area (TPSA) is 77.6 Å². The molecule has 0 saturated carbocycles. The maximum Gasteiger partial charge on any atom is 0.407 e. The maximum atomic E-state index is 11.4. The minimum Gasteiger partial charge on any atom is -0.856 e. The van der Waals surface area contributed by atoms with E-state index in [-0.39, 0.29) is 6.54 Å². The molecule has 98 valence electrons. The van der Waals surface area contributed by atoms with Crippen molar-refractivity contribution in [1.82, 2.24) is 5.32 Å². The van der Waals surface area contributed by atoms with Crippen LogP contribution in [0.4, 0.5) is 4.79 Å². The number of aromatic nitrogens is 1. The Morgan fingerprint density at radius 2 is 1.94 bits per heavy atom. The predicted molar refractivity (Wildman–Crippen MR) is 63.7 cm³/mol. The zero-order chi connectivity index (χ0) is 13.6. The summed E-state index contributed by atoms with van der Waals surface area (Å²) in [6.45, 7) is 5.05. The Labute approximate surface area is 106 Å². The van der Waals surface area contributed by atoms with E-state index in [1.807, 2.05) is 6.07 Å². The molecule has 1 aromatic rings. The quantitative estimate of drug-likeness (QED) is 0.467. The standard InChI is InChI=1S/C12H17N3O3/c1-12(2,3)18-11(17)13-9-10(16)14-15-7-5-4-6-8-15/h4-8H,9H2,1-3H3,(H-,13,14,16,17). The molecule has 0 atom stereocenters. The average molecular weight is 251 g/mol. The van der Waals surface area contributed by atoms with Crippen LogP contribution in [-0.4, -0.2) is 24.1 Å². The third kappa shape index (κ3) is 5.83. The lowest BCUT2D eigenvalue weighted by Crippen LogP contribution is -2.42. The predicted octanol–water partition coefficient (Wildman–Crippen LogP) is 0.0207. The van der Waals surface area contributed by atoms with E-state index >= 15 is 0 Å². The van der Waals surface area contributed by atoms with Gasteiger partial charge >= 0.3 is 6.09 Å². The van der Waals surface area contributed by atoms with Crippen molar-refractivity contribution in [2.45, 2.75) is 26.4 Å². The number of alkyl carbamates (subject to hydrolysis) is 1. The number of ether oxygens (including phenoxy) is 1. The van der Waals surface area contributed by atoms with Crippen molar-refractivity contribution in [2.24, 2.45) is 5.10 Å². The summed E-state index contributed by atoms with van der Waals surface area (Å²) in [5, 5.41) is 17.5. The number of carbonyl (C=O) groups excluding carboxylic acids is 1. The average Bonchev–Trinajstić information content (AvgIpc) is 2.25. The van der Waals surface area contributed by atoms with Crippen molar-refractivity contribution in [3.63, 3.8) is 0 Å². The molecule has 18 heavy (non-hydrogen) atoms. The van der Waals surface area contributed by atoms with Crippen LogP contribution in [0.2, 0.25) is 0 Å². The molecule has 1 rings (SSSR count). The summed E-state index contributed by atoms with van der Waals surface area (Å²) in [4.78, 5) is 11.3. The third-order valence-corrected chi connectivity index (χ3v) is 1.71. The van der Waals surface area contributed by atoms with Crippen LogP contribution in [0.15, 0.2) is 35.7 Å². The zero-order valence-electron chi connectivity index (χ0n) is 10.7. The molecule has 0 saturated heterocycles. The van der Waals surface area contributed by atoms with Crippen LogP contribution in [0.5, 0.6) is 0 Å². The molecule has 0 aromatic carbocycles. The molecular weight excluding hydrogens is 234 g/mol. The summed E-state index contributed by atoms with van der Waals surface area (Å²) in [6.07, 6.45) is 2.63. The van der Waals surface area contributed by atoms with Crippen molar-refractivity contribution in [2.75, 3.05) is 6.54 Å². The molecule has 1 N–H and O–H groups in total. The van der Waals surface area contributed by atoms with Crippen LogP contribution in [0.3, 0.4) is 0 Å². The first kappa shape index (κ1) is 14.0. The van der Waals surface area contributed by atoms with Gasteiger partial charge in [-0.25, -0.2) is 4.79 Å². The summed E-state index contributed by atoms with van der Waals surface area (Å²) in [5.74, 6) is -0.461.